The number of esters is 2. The first-order valence-corrected chi connectivity index (χ1v) is 10.5. The van der Waals surface area contributed by atoms with Crippen molar-refractivity contribution in [2.24, 2.45) is 0 Å². The molecular weight excluding hydrogens is 352 g/mol. The first-order valence-electron chi connectivity index (χ1n) is 8.18. The van der Waals surface area contributed by atoms with Crippen molar-refractivity contribution >= 4 is 35.5 Å². The van der Waals surface area contributed by atoms with Crippen LogP contribution in [0.2, 0.25) is 0 Å². The zero-order valence-corrected chi connectivity index (χ0v) is 16.5. The summed E-state index contributed by atoms with van der Waals surface area (Å²) in [6.07, 6.45) is -0.829. The van der Waals surface area contributed by atoms with Gasteiger partial charge in [0, 0.05) is 23.0 Å². The lowest BCUT2D eigenvalue weighted by molar-refractivity contribution is -0.176. The fourth-order valence-corrected chi connectivity index (χ4v) is 3.91. The van der Waals surface area contributed by atoms with E-state index in [1.165, 1.54) is 0 Å². The fourth-order valence-electron chi connectivity index (χ4n) is 1.78. The van der Waals surface area contributed by atoms with Gasteiger partial charge in [-0.25, -0.2) is 9.59 Å². The van der Waals surface area contributed by atoms with E-state index in [0.29, 0.717) is 11.5 Å². The Morgan fingerprint density at radius 1 is 0.875 bits per heavy atom. The van der Waals surface area contributed by atoms with E-state index < -0.39 is 24.1 Å². The number of cyclic esters (lactones) is 2. The highest BCUT2D eigenvalue weighted by molar-refractivity contribution is 8.02. The van der Waals surface area contributed by atoms with E-state index in [2.05, 4.69) is 0 Å². The first kappa shape index (κ1) is 21.6. The molecule has 6 nitrogen and oxygen atoms in total. The lowest BCUT2D eigenvalue weighted by atomic mass is 10.4. The maximum atomic E-state index is 12.0. The Bertz CT molecular complexity index is 353. The molecule has 0 aliphatic carbocycles. The summed E-state index contributed by atoms with van der Waals surface area (Å²) < 4.78 is 21.5. The highest BCUT2D eigenvalue weighted by Crippen LogP contribution is 2.15. The van der Waals surface area contributed by atoms with Crippen molar-refractivity contribution in [3.8, 4) is 0 Å². The third-order valence-electron chi connectivity index (χ3n) is 2.92. The Hall–Kier alpha value is -0.440. The second-order valence-corrected chi connectivity index (χ2v) is 8.27. The first-order chi connectivity index (χ1) is 11.4. The van der Waals surface area contributed by atoms with Gasteiger partial charge in [-0.1, -0.05) is 0 Å². The zero-order valence-electron chi connectivity index (χ0n) is 14.8. The predicted octanol–water partition coefficient (Wildman–Crippen LogP) is 2.14. The van der Waals surface area contributed by atoms with Gasteiger partial charge in [0.05, 0.1) is 25.4 Å². The zero-order chi connectivity index (χ0) is 17.9. The van der Waals surface area contributed by atoms with Gasteiger partial charge in [-0.05, 0) is 27.7 Å². The molecule has 0 saturated carbocycles. The van der Waals surface area contributed by atoms with Crippen molar-refractivity contribution in [3.63, 3.8) is 0 Å². The number of rotatable bonds is 6. The SMILES string of the molecule is CC(C)OCC1CSCCSCC(COC(C)C)OC(=O)C(=O)O1. The molecule has 1 aliphatic heterocycles. The van der Waals surface area contributed by atoms with Crippen molar-refractivity contribution < 1.29 is 28.5 Å². The summed E-state index contributed by atoms with van der Waals surface area (Å²) in [7, 11) is 0. The second kappa shape index (κ2) is 12.0. The van der Waals surface area contributed by atoms with E-state index in [1.54, 1.807) is 23.5 Å². The lowest BCUT2D eigenvalue weighted by Gasteiger charge is -2.22. The van der Waals surface area contributed by atoms with Crippen molar-refractivity contribution in [1.82, 2.24) is 0 Å². The molecule has 0 aromatic rings. The Kier molecular flexibility index (Phi) is 10.8. The van der Waals surface area contributed by atoms with Crippen molar-refractivity contribution in [1.29, 1.82) is 0 Å². The van der Waals surface area contributed by atoms with Gasteiger partial charge in [0.25, 0.3) is 0 Å². The molecule has 0 aromatic heterocycles. The summed E-state index contributed by atoms with van der Waals surface area (Å²) in [4.78, 5) is 23.9. The Balaban J connectivity index is 2.62. The third-order valence-corrected chi connectivity index (χ3v) is 5.38. The van der Waals surface area contributed by atoms with Crippen LogP contribution in [-0.2, 0) is 28.5 Å². The molecule has 2 atom stereocenters. The van der Waals surface area contributed by atoms with Crippen LogP contribution in [0.15, 0.2) is 0 Å². The van der Waals surface area contributed by atoms with Crippen molar-refractivity contribution in [2.45, 2.75) is 52.1 Å². The van der Waals surface area contributed by atoms with E-state index >= 15 is 0 Å². The summed E-state index contributed by atoms with van der Waals surface area (Å²) in [5.41, 5.74) is 0. The van der Waals surface area contributed by atoms with Gasteiger partial charge in [0.15, 0.2) is 0 Å². The fraction of sp³-hybridized carbons (Fsp3) is 0.875. The molecular formula is C16H28O6S2. The Morgan fingerprint density at radius 3 is 1.58 bits per heavy atom. The Labute approximate surface area is 152 Å². The van der Waals surface area contributed by atoms with Gasteiger partial charge >= 0.3 is 11.9 Å². The molecule has 140 valence electrons. The summed E-state index contributed by atoms with van der Waals surface area (Å²) in [5, 5.41) is 0. The number of thioether (sulfide) groups is 2. The van der Waals surface area contributed by atoms with Gasteiger partial charge in [-0.3, -0.25) is 0 Å². The van der Waals surface area contributed by atoms with Crippen LogP contribution in [0.3, 0.4) is 0 Å². The maximum absolute atomic E-state index is 12.0. The molecule has 1 fully saturated rings. The molecule has 1 saturated heterocycles. The molecule has 24 heavy (non-hydrogen) atoms. The summed E-state index contributed by atoms with van der Waals surface area (Å²) in [5.74, 6) is 1.15. The van der Waals surface area contributed by atoms with Gasteiger partial charge in [-0.15, -0.1) is 0 Å². The quantitative estimate of drug-likeness (QED) is 0.513. The molecule has 2 unspecified atom stereocenters. The smallest absolute Gasteiger partial charge is 0.417 e. The van der Waals surface area contributed by atoms with E-state index in [4.69, 9.17) is 18.9 Å². The van der Waals surface area contributed by atoms with Gasteiger partial charge in [0.2, 0.25) is 0 Å². The largest absolute Gasteiger partial charge is 0.451 e. The minimum absolute atomic E-state index is 0.0372. The minimum atomic E-state index is -0.965. The summed E-state index contributed by atoms with van der Waals surface area (Å²) >= 11 is 3.38. The molecule has 1 heterocycles. The van der Waals surface area contributed by atoms with Crippen molar-refractivity contribution in [3.05, 3.63) is 0 Å². The highest BCUT2D eigenvalue weighted by Gasteiger charge is 2.27. The third kappa shape index (κ3) is 9.76. The monoisotopic (exact) mass is 380 g/mol. The van der Waals surface area contributed by atoms with Crippen molar-refractivity contribution in [2.75, 3.05) is 36.2 Å². The molecule has 1 rings (SSSR count). The average molecular weight is 381 g/mol. The number of hydrogen-bond acceptors (Lipinski definition) is 8. The molecule has 0 radical (unpaired) electrons. The standard InChI is InChI=1S/C16H28O6S2/c1-11(2)19-7-13-9-23-5-6-24-10-14(8-20-12(3)4)22-16(18)15(17)21-13/h11-14H,5-10H2,1-4H3. The predicted molar refractivity (Wildman–Crippen MR) is 96.6 cm³/mol. The molecule has 0 aromatic carbocycles. The van der Waals surface area contributed by atoms with Gasteiger partial charge < -0.3 is 18.9 Å². The second-order valence-electron chi connectivity index (χ2n) is 5.97. The average Bonchev–Trinajstić information content (AvgIpc) is 2.51. The topological polar surface area (TPSA) is 71.1 Å². The van der Waals surface area contributed by atoms with Crippen LogP contribution in [0, 0.1) is 0 Å². The van der Waals surface area contributed by atoms with Gasteiger partial charge in [-0.2, -0.15) is 23.5 Å². The maximum Gasteiger partial charge on any atom is 0.417 e. The number of carbonyl (C=O) groups excluding carboxylic acids is 2. The summed E-state index contributed by atoms with van der Waals surface area (Å²) in [6, 6.07) is 0. The molecule has 0 amide bonds. The normalized spacial score (nSPS) is 24.2. The molecule has 1 aliphatic rings. The summed E-state index contributed by atoms with van der Waals surface area (Å²) in [6.45, 7) is 8.19. The number of ether oxygens (including phenoxy) is 4. The van der Waals surface area contributed by atoms with E-state index in [0.717, 1.165) is 11.5 Å². The van der Waals surface area contributed by atoms with Crippen LogP contribution in [0.25, 0.3) is 0 Å². The molecule has 0 bridgehead atoms. The van der Waals surface area contributed by atoms with Crippen LogP contribution in [0.4, 0.5) is 0 Å². The van der Waals surface area contributed by atoms with Crippen LogP contribution in [-0.4, -0.2) is 72.6 Å². The van der Waals surface area contributed by atoms with E-state index in [1.807, 2.05) is 27.7 Å². The van der Waals surface area contributed by atoms with Crippen LogP contribution < -0.4 is 0 Å². The lowest BCUT2D eigenvalue weighted by Crippen LogP contribution is -2.36. The van der Waals surface area contributed by atoms with Gasteiger partial charge in [0.1, 0.15) is 12.2 Å². The van der Waals surface area contributed by atoms with Crippen LogP contribution >= 0.6 is 23.5 Å². The molecule has 0 N–H and O–H groups in total. The molecule has 0 spiro atoms. The van der Waals surface area contributed by atoms with Crippen LogP contribution in [0.5, 0.6) is 0 Å². The number of hydrogen-bond donors (Lipinski definition) is 0. The molecule has 8 heteroatoms. The minimum Gasteiger partial charge on any atom is -0.451 e. The number of carbonyl (C=O) groups is 2. The highest BCUT2D eigenvalue weighted by atomic mass is 32.2. The van der Waals surface area contributed by atoms with E-state index in [9.17, 15) is 9.59 Å². The Morgan fingerprint density at radius 2 is 1.25 bits per heavy atom. The van der Waals surface area contributed by atoms with E-state index in [-0.39, 0.29) is 25.4 Å². The van der Waals surface area contributed by atoms with Crippen LogP contribution in [0.1, 0.15) is 27.7 Å².